The van der Waals surface area contributed by atoms with Crippen molar-refractivity contribution < 1.29 is 0 Å². The molecule has 0 spiro atoms. The van der Waals surface area contributed by atoms with Crippen molar-refractivity contribution in [3.05, 3.63) is 23.5 Å². The number of nitrogens with zero attached hydrogens (tertiary/aromatic N) is 2. The van der Waals surface area contributed by atoms with Crippen LogP contribution in [0.3, 0.4) is 0 Å². The quantitative estimate of drug-likeness (QED) is 0.533. The van der Waals surface area contributed by atoms with Crippen LogP contribution in [-0.4, -0.2) is 10.9 Å². The van der Waals surface area contributed by atoms with Crippen LogP contribution < -0.4 is 0 Å². The highest BCUT2D eigenvalue weighted by atomic mass is 14.8. The monoisotopic (exact) mass is 130 g/mol. The van der Waals surface area contributed by atoms with Crippen molar-refractivity contribution in [1.82, 2.24) is 4.98 Å². The minimum Gasteiger partial charge on any atom is -0.262 e. The second-order valence-electron chi connectivity index (χ2n) is 2.27. The van der Waals surface area contributed by atoms with Crippen molar-refractivity contribution in [2.24, 2.45) is 4.99 Å². The average Bonchev–Trinajstić information content (AvgIpc) is 2.36. The molecular weight excluding hydrogens is 124 g/mol. The Labute approximate surface area is 58.9 Å². The van der Waals surface area contributed by atoms with E-state index in [0.717, 1.165) is 16.8 Å². The molecule has 0 atom stereocenters. The molecule has 1 aliphatic heterocycles. The van der Waals surface area contributed by atoms with Gasteiger partial charge in [-0.3, -0.25) is 4.98 Å². The molecule has 0 aromatic carbocycles. The molecule has 2 nitrogen and oxygen atoms in total. The molecule has 0 radical (unpaired) electrons. The number of aryl methyl sites for hydroxylation is 1. The first kappa shape index (κ1) is 5.39. The molecule has 0 saturated heterocycles. The number of hydrogen-bond donors (Lipinski definition) is 0. The summed E-state index contributed by atoms with van der Waals surface area (Å²) < 4.78 is 0. The number of fused-ring (bicyclic) bond motifs is 1. The maximum absolute atomic E-state index is 4.00. The minimum absolute atomic E-state index is 0.931. The normalized spacial score (nSPS) is 12.1. The summed E-state index contributed by atoms with van der Waals surface area (Å²) in [5, 5.41) is 0. The van der Waals surface area contributed by atoms with E-state index < -0.39 is 0 Å². The summed E-state index contributed by atoms with van der Waals surface area (Å²) in [6.45, 7) is 2.02. The summed E-state index contributed by atoms with van der Waals surface area (Å²) >= 11 is 0. The molecule has 0 amide bonds. The van der Waals surface area contributed by atoms with E-state index in [1.807, 2.05) is 19.2 Å². The molecule has 1 aliphatic rings. The lowest BCUT2D eigenvalue weighted by Crippen LogP contribution is -1.80. The maximum atomic E-state index is 4.00. The van der Waals surface area contributed by atoms with E-state index in [1.54, 1.807) is 6.20 Å². The van der Waals surface area contributed by atoms with Gasteiger partial charge in [0.25, 0.3) is 0 Å². The predicted octanol–water partition coefficient (Wildman–Crippen LogP) is 1.72. The maximum Gasteiger partial charge on any atom is 0.0994 e. The van der Waals surface area contributed by atoms with Crippen LogP contribution in [0, 0.1) is 6.92 Å². The average molecular weight is 130 g/mol. The summed E-state index contributed by atoms with van der Waals surface area (Å²) in [4.78, 5) is 7.99. The van der Waals surface area contributed by atoms with Gasteiger partial charge in [0.05, 0.1) is 11.9 Å². The molecule has 2 rings (SSSR count). The Hall–Kier alpha value is -1.40. The Kier molecular flexibility index (Phi) is 0.965. The Morgan fingerprint density at radius 2 is 2.30 bits per heavy atom. The van der Waals surface area contributed by atoms with Crippen molar-refractivity contribution in [3.63, 3.8) is 0 Å². The van der Waals surface area contributed by atoms with Gasteiger partial charge in [0, 0.05) is 17.8 Å². The van der Waals surface area contributed by atoms with Gasteiger partial charge in [-0.15, -0.1) is 0 Å². The van der Waals surface area contributed by atoms with Gasteiger partial charge in [0.2, 0.25) is 0 Å². The van der Waals surface area contributed by atoms with E-state index >= 15 is 0 Å². The highest BCUT2D eigenvalue weighted by Gasteiger charge is 2.04. The summed E-state index contributed by atoms with van der Waals surface area (Å²) in [6.07, 6.45) is 5.46. The lowest BCUT2D eigenvalue weighted by Gasteiger charge is -1.96. The van der Waals surface area contributed by atoms with Crippen LogP contribution >= 0.6 is 0 Å². The van der Waals surface area contributed by atoms with Gasteiger partial charge in [0.1, 0.15) is 0 Å². The Balaban J connectivity index is 2.75. The van der Waals surface area contributed by atoms with Crippen LogP contribution in [0.2, 0.25) is 0 Å². The first-order chi connectivity index (χ1) is 4.88. The number of aromatic nitrogens is 1. The van der Waals surface area contributed by atoms with E-state index in [9.17, 15) is 0 Å². The zero-order chi connectivity index (χ0) is 6.97. The molecule has 0 saturated carbocycles. The summed E-state index contributed by atoms with van der Waals surface area (Å²) in [5.74, 6) is 2.79. The van der Waals surface area contributed by atoms with Gasteiger partial charge in [-0.25, -0.2) is 4.99 Å². The van der Waals surface area contributed by atoms with Crippen molar-refractivity contribution >= 4 is 17.6 Å². The van der Waals surface area contributed by atoms with Gasteiger partial charge in [-0.2, -0.15) is 0 Å². The lowest BCUT2D eigenvalue weighted by molar-refractivity contribution is 1.25. The third-order valence-electron chi connectivity index (χ3n) is 1.56. The van der Waals surface area contributed by atoms with Crippen LogP contribution in [0.25, 0.3) is 6.08 Å². The third-order valence-corrected chi connectivity index (χ3v) is 1.56. The van der Waals surface area contributed by atoms with Gasteiger partial charge in [-0.1, -0.05) is 0 Å². The van der Waals surface area contributed by atoms with Gasteiger partial charge in [-0.05, 0) is 18.4 Å². The van der Waals surface area contributed by atoms with Crippen molar-refractivity contribution in [3.8, 4) is 0 Å². The largest absolute Gasteiger partial charge is 0.262 e. The first-order valence-electron chi connectivity index (χ1n) is 3.12. The Morgan fingerprint density at radius 1 is 1.40 bits per heavy atom. The van der Waals surface area contributed by atoms with Gasteiger partial charge < -0.3 is 0 Å². The van der Waals surface area contributed by atoms with Crippen LogP contribution in [0.4, 0.5) is 5.69 Å². The molecule has 0 bridgehead atoms. The number of hydrogen-bond acceptors (Lipinski definition) is 2. The van der Waals surface area contributed by atoms with Crippen LogP contribution in [0.5, 0.6) is 0 Å². The molecule has 1 aromatic heterocycles. The molecule has 2 heterocycles. The fraction of sp³-hybridized carbons (Fsp3) is 0.125. The number of rotatable bonds is 0. The molecule has 48 valence electrons. The number of pyridine rings is 1. The fourth-order valence-electron chi connectivity index (χ4n) is 1.00. The smallest absolute Gasteiger partial charge is 0.0994 e. The lowest BCUT2D eigenvalue weighted by atomic mass is 10.1. The van der Waals surface area contributed by atoms with E-state index in [4.69, 9.17) is 0 Å². The number of aliphatic imine (C=N–C) groups is 1. The zero-order valence-electron chi connectivity index (χ0n) is 5.63. The second kappa shape index (κ2) is 1.79. The van der Waals surface area contributed by atoms with Crippen molar-refractivity contribution in [2.45, 2.75) is 6.92 Å². The second-order valence-corrected chi connectivity index (χ2v) is 2.27. The SMILES string of the molecule is Cc1cncc2c1C=C=N2. The summed E-state index contributed by atoms with van der Waals surface area (Å²) in [6, 6.07) is 0. The van der Waals surface area contributed by atoms with Gasteiger partial charge in [0.15, 0.2) is 0 Å². The third kappa shape index (κ3) is 0.598. The van der Waals surface area contributed by atoms with Gasteiger partial charge >= 0.3 is 0 Å². The van der Waals surface area contributed by atoms with E-state index in [0.29, 0.717) is 0 Å². The van der Waals surface area contributed by atoms with Crippen molar-refractivity contribution in [1.29, 1.82) is 0 Å². The summed E-state index contributed by atoms with van der Waals surface area (Å²) in [7, 11) is 0. The van der Waals surface area contributed by atoms with Crippen LogP contribution in [0.15, 0.2) is 17.4 Å². The fourth-order valence-corrected chi connectivity index (χ4v) is 1.00. The molecule has 1 aromatic rings. The first-order valence-corrected chi connectivity index (χ1v) is 3.12. The van der Waals surface area contributed by atoms with Crippen molar-refractivity contribution in [2.75, 3.05) is 0 Å². The predicted molar refractivity (Wildman–Crippen MR) is 40.5 cm³/mol. The van der Waals surface area contributed by atoms with Crippen LogP contribution in [-0.2, 0) is 0 Å². The summed E-state index contributed by atoms with van der Waals surface area (Å²) in [5.41, 5.74) is 3.24. The molecule has 10 heavy (non-hydrogen) atoms. The Bertz CT molecular complexity index is 333. The molecule has 0 fully saturated rings. The molecule has 2 heteroatoms. The highest BCUT2D eigenvalue weighted by Crippen LogP contribution is 2.24. The van der Waals surface area contributed by atoms with Crippen LogP contribution in [0.1, 0.15) is 11.1 Å². The molecule has 0 unspecified atom stereocenters. The van der Waals surface area contributed by atoms with E-state index in [1.165, 1.54) is 0 Å². The Morgan fingerprint density at radius 3 is 3.10 bits per heavy atom. The zero-order valence-corrected chi connectivity index (χ0v) is 5.63. The molecule has 0 N–H and O–H groups in total. The molecule has 0 aliphatic carbocycles. The van der Waals surface area contributed by atoms with E-state index in [-0.39, 0.29) is 0 Å². The minimum atomic E-state index is 0.931. The topological polar surface area (TPSA) is 25.2 Å². The molecular formula is C8H6N2. The highest BCUT2D eigenvalue weighted by molar-refractivity contribution is 5.90. The standard InChI is InChI=1S/C8H6N2/c1-6-4-9-5-8-7(6)2-3-10-8/h2,4-5H,1H3. The van der Waals surface area contributed by atoms with E-state index in [2.05, 4.69) is 15.8 Å².